The first-order chi connectivity index (χ1) is 8.97. The van der Waals surface area contributed by atoms with Crippen molar-refractivity contribution in [3.05, 3.63) is 40.0 Å². The molecule has 0 radical (unpaired) electrons. The van der Waals surface area contributed by atoms with Crippen LogP contribution in [0, 0.1) is 6.92 Å². The normalized spacial score (nSPS) is 10.8. The molecule has 1 N–H and O–H groups in total. The van der Waals surface area contributed by atoms with Crippen LogP contribution in [-0.4, -0.2) is 16.1 Å². The van der Waals surface area contributed by atoms with Gasteiger partial charge in [-0.05, 0) is 24.6 Å². The Labute approximate surface area is 119 Å². The molecule has 1 amide bonds. The first-order valence-corrected chi connectivity index (χ1v) is 6.67. The summed E-state index contributed by atoms with van der Waals surface area (Å²) in [5.41, 5.74) is 1.77. The van der Waals surface area contributed by atoms with Crippen molar-refractivity contribution in [1.29, 1.82) is 0 Å². The van der Waals surface area contributed by atoms with Gasteiger partial charge < -0.3 is 9.73 Å². The number of nitrogens with zero attached hydrogens (tertiary/aromatic N) is 2. The zero-order valence-corrected chi connectivity index (χ0v) is 12.5. The average molecular weight is 324 g/mol. The second-order valence-corrected chi connectivity index (χ2v) is 5.37. The first-order valence-electron chi connectivity index (χ1n) is 5.88. The summed E-state index contributed by atoms with van der Waals surface area (Å²) in [7, 11) is 0. The minimum atomic E-state index is -0.407. The molecule has 5 nitrogen and oxygen atoms in total. The van der Waals surface area contributed by atoms with Gasteiger partial charge in [0.15, 0.2) is 0 Å². The number of aryl methyl sites for hydroxylation is 1. The molecule has 0 bridgehead atoms. The highest BCUT2D eigenvalue weighted by Gasteiger charge is 2.16. The van der Waals surface area contributed by atoms with E-state index in [4.69, 9.17) is 4.42 Å². The highest BCUT2D eigenvalue weighted by atomic mass is 79.9. The quantitative estimate of drug-likeness (QED) is 0.938. The van der Waals surface area contributed by atoms with Gasteiger partial charge in [0.1, 0.15) is 0 Å². The van der Waals surface area contributed by atoms with Crippen molar-refractivity contribution in [1.82, 2.24) is 10.2 Å². The Kier molecular flexibility index (Phi) is 3.99. The van der Waals surface area contributed by atoms with E-state index >= 15 is 0 Å². The number of rotatable bonds is 3. The van der Waals surface area contributed by atoms with Crippen molar-refractivity contribution in [2.45, 2.75) is 26.7 Å². The van der Waals surface area contributed by atoms with Crippen LogP contribution in [0.4, 0.5) is 5.69 Å². The molecule has 0 unspecified atom stereocenters. The maximum atomic E-state index is 11.9. The van der Waals surface area contributed by atoms with E-state index in [1.165, 1.54) is 0 Å². The smallest absolute Gasteiger partial charge is 0.313 e. The summed E-state index contributed by atoms with van der Waals surface area (Å²) in [5, 5.41) is 10.3. The number of aromatic nitrogens is 2. The predicted molar refractivity (Wildman–Crippen MR) is 75.2 cm³/mol. The maximum absolute atomic E-state index is 11.9. The number of hydrogen-bond donors (Lipinski definition) is 1. The summed E-state index contributed by atoms with van der Waals surface area (Å²) in [5.74, 6) is 0.119. The van der Waals surface area contributed by atoms with Gasteiger partial charge in [-0.3, -0.25) is 4.79 Å². The molecular weight excluding hydrogens is 310 g/mol. The third-order valence-corrected chi connectivity index (χ3v) is 3.41. The molecule has 6 heteroatoms. The molecule has 100 valence electrons. The van der Waals surface area contributed by atoms with Gasteiger partial charge in [0.05, 0.1) is 0 Å². The van der Waals surface area contributed by atoms with Gasteiger partial charge in [-0.25, -0.2) is 0 Å². The van der Waals surface area contributed by atoms with E-state index in [1.807, 2.05) is 39.0 Å². The molecule has 0 aliphatic heterocycles. The third kappa shape index (κ3) is 3.20. The fraction of sp³-hybridized carbons (Fsp3) is 0.308. The molecular formula is C13H14BrN3O2. The Hall–Kier alpha value is -1.69. The van der Waals surface area contributed by atoms with Crippen LogP contribution >= 0.6 is 15.9 Å². The van der Waals surface area contributed by atoms with Crippen LogP contribution in [0.15, 0.2) is 27.1 Å². The largest absolute Gasteiger partial charge is 0.417 e. The van der Waals surface area contributed by atoms with E-state index in [0.29, 0.717) is 11.6 Å². The molecule has 2 aromatic rings. The number of amides is 1. The van der Waals surface area contributed by atoms with Gasteiger partial charge in [0.2, 0.25) is 5.89 Å². The van der Waals surface area contributed by atoms with Crippen LogP contribution in [0.3, 0.4) is 0 Å². The van der Waals surface area contributed by atoms with E-state index in [0.717, 1.165) is 10.0 Å². The molecule has 0 saturated heterocycles. The summed E-state index contributed by atoms with van der Waals surface area (Å²) in [6.07, 6.45) is 0. The maximum Gasteiger partial charge on any atom is 0.313 e. The molecule has 0 aliphatic rings. The zero-order valence-electron chi connectivity index (χ0n) is 10.9. The fourth-order valence-electron chi connectivity index (χ4n) is 1.41. The summed E-state index contributed by atoms with van der Waals surface area (Å²) in [4.78, 5) is 11.9. The van der Waals surface area contributed by atoms with E-state index in [9.17, 15) is 4.79 Å². The lowest BCUT2D eigenvalue weighted by molar-refractivity contribution is 0.0988. The standard InChI is InChI=1S/C13H14BrN3O2/c1-7(2)12-16-17-13(19-12)11(18)15-9-5-4-8(3)10(14)6-9/h4-7H,1-3H3,(H,15,18). The lowest BCUT2D eigenvalue weighted by Gasteiger charge is -2.04. The van der Waals surface area contributed by atoms with Gasteiger partial charge in [-0.15, -0.1) is 10.2 Å². The van der Waals surface area contributed by atoms with E-state index < -0.39 is 5.91 Å². The van der Waals surface area contributed by atoms with Crippen molar-refractivity contribution < 1.29 is 9.21 Å². The van der Waals surface area contributed by atoms with Crippen LogP contribution in [0.1, 0.15) is 41.9 Å². The number of hydrogen-bond acceptors (Lipinski definition) is 4. The molecule has 1 heterocycles. The number of benzene rings is 1. The van der Waals surface area contributed by atoms with Crippen LogP contribution in [-0.2, 0) is 0 Å². The topological polar surface area (TPSA) is 68.0 Å². The van der Waals surface area contributed by atoms with Gasteiger partial charge in [-0.2, -0.15) is 0 Å². The van der Waals surface area contributed by atoms with Crippen molar-refractivity contribution >= 4 is 27.5 Å². The SMILES string of the molecule is Cc1ccc(NC(=O)c2nnc(C(C)C)o2)cc1Br. The molecule has 0 atom stereocenters. The highest BCUT2D eigenvalue weighted by Crippen LogP contribution is 2.21. The van der Waals surface area contributed by atoms with E-state index in [1.54, 1.807) is 0 Å². The minimum Gasteiger partial charge on any atom is -0.417 e. The predicted octanol–water partition coefficient (Wildman–Crippen LogP) is 3.52. The van der Waals surface area contributed by atoms with Gasteiger partial charge in [0.25, 0.3) is 0 Å². The summed E-state index contributed by atoms with van der Waals surface area (Å²) in [6.45, 7) is 5.82. The Bertz CT molecular complexity index is 608. The molecule has 1 aromatic heterocycles. The Balaban J connectivity index is 2.13. The monoisotopic (exact) mass is 323 g/mol. The molecule has 19 heavy (non-hydrogen) atoms. The summed E-state index contributed by atoms with van der Waals surface area (Å²) in [6, 6.07) is 5.55. The van der Waals surface area contributed by atoms with E-state index in [-0.39, 0.29) is 11.8 Å². The fourth-order valence-corrected chi connectivity index (χ4v) is 1.79. The number of nitrogens with one attached hydrogen (secondary N) is 1. The number of carbonyl (C=O) groups excluding carboxylic acids is 1. The summed E-state index contributed by atoms with van der Waals surface area (Å²) < 4.78 is 6.22. The van der Waals surface area contributed by atoms with Crippen molar-refractivity contribution in [2.75, 3.05) is 5.32 Å². The Morgan fingerprint density at radius 3 is 2.68 bits per heavy atom. The van der Waals surface area contributed by atoms with Crippen LogP contribution in [0.5, 0.6) is 0 Å². The van der Waals surface area contributed by atoms with Crippen LogP contribution in [0.2, 0.25) is 0 Å². The van der Waals surface area contributed by atoms with Crippen LogP contribution in [0.25, 0.3) is 0 Å². The molecule has 0 aliphatic carbocycles. The van der Waals surface area contributed by atoms with Crippen molar-refractivity contribution in [2.24, 2.45) is 0 Å². The molecule has 2 rings (SSSR count). The van der Waals surface area contributed by atoms with E-state index in [2.05, 4.69) is 31.4 Å². The lowest BCUT2D eigenvalue weighted by Crippen LogP contribution is -2.12. The van der Waals surface area contributed by atoms with Gasteiger partial charge >= 0.3 is 11.8 Å². The van der Waals surface area contributed by atoms with Gasteiger partial charge in [0, 0.05) is 16.1 Å². The lowest BCUT2D eigenvalue weighted by atomic mass is 10.2. The number of carbonyl (C=O) groups is 1. The van der Waals surface area contributed by atoms with Crippen molar-refractivity contribution in [3.8, 4) is 0 Å². The van der Waals surface area contributed by atoms with Crippen LogP contribution < -0.4 is 5.32 Å². The number of anilines is 1. The second kappa shape index (κ2) is 5.52. The zero-order chi connectivity index (χ0) is 14.0. The molecule has 1 aromatic carbocycles. The minimum absolute atomic E-state index is 0.0274. The molecule has 0 spiro atoms. The third-order valence-electron chi connectivity index (χ3n) is 2.56. The Morgan fingerprint density at radius 2 is 2.11 bits per heavy atom. The average Bonchev–Trinajstić information content (AvgIpc) is 2.83. The first kappa shape index (κ1) is 13.7. The second-order valence-electron chi connectivity index (χ2n) is 4.52. The molecule has 0 fully saturated rings. The summed E-state index contributed by atoms with van der Waals surface area (Å²) >= 11 is 3.41. The molecule has 0 saturated carbocycles. The highest BCUT2D eigenvalue weighted by molar-refractivity contribution is 9.10. The number of halogens is 1. The van der Waals surface area contributed by atoms with Gasteiger partial charge in [-0.1, -0.05) is 35.8 Å². The van der Waals surface area contributed by atoms with Crippen molar-refractivity contribution in [3.63, 3.8) is 0 Å². The Morgan fingerprint density at radius 1 is 1.37 bits per heavy atom.